The predicted octanol–water partition coefficient (Wildman–Crippen LogP) is 2.68. The van der Waals surface area contributed by atoms with Crippen LogP contribution >= 0.6 is 11.6 Å². The molecular weight excluding hydrogens is 226 g/mol. The van der Waals surface area contributed by atoms with Gasteiger partial charge in [0.25, 0.3) is 0 Å². The van der Waals surface area contributed by atoms with Crippen molar-refractivity contribution >= 4 is 17.6 Å². The first-order valence-electron chi connectivity index (χ1n) is 4.89. The predicted molar refractivity (Wildman–Crippen MR) is 64.2 cm³/mol. The normalized spacial score (nSPS) is 12.4. The van der Waals surface area contributed by atoms with E-state index in [1.54, 1.807) is 6.20 Å². The molecule has 0 aliphatic rings. The molecule has 3 nitrogen and oxygen atoms in total. The van der Waals surface area contributed by atoms with Gasteiger partial charge in [0.05, 0.1) is 7.11 Å². The van der Waals surface area contributed by atoms with Crippen molar-refractivity contribution < 1.29 is 9.53 Å². The highest BCUT2D eigenvalue weighted by molar-refractivity contribution is 6.30. The summed E-state index contributed by atoms with van der Waals surface area (Å²) in [4.78, 5) is 10.8. The molecule has 1 atom stereocenters. The van der Waals surface area contributed by atoms with Crippen LogP contribution in [0, 0.1) is 0 Å². The Bertz CT molecular complexity index is 390. The maximum absolute atomic E-state index is 10.8. The third kappa shape index (κ3) is 3.95. The van der Waals surface area contributed by atoms with E-state index in [1.807, 2.05) is 31.2 Å². The fourth-order valence-electron chi connectivity index (χ4n) is 1.20. The number of nitrogens with one attached hydrogen (secondary N) is 1. The zero-order chi connectivity index (χ0) is 12.0. The lowest BCUT2D eigenvalue weighted by atomic mass is 10.1. The summed E-state index contributed by atoms with van der Waals surface area (Å²) in [6.45, 7) is 1.98. The van der Waals surface area contributed by atoms with Crippen LogP contribution in [0.1, 0.15) is 18.5 Å². The lowest BCUT2D eigenvalue weighted by molar-refractivity contribution is -0.134. The van der Waals surface area contributed by atoms with Crippen LogP contribution in [0.25, 0.3) is 0 Å². The molecule has 0 radical (unpaired) electrons. The van der Waals surface area contributed by atoms with Gasteiger partial charge in [0.2, 0.25) is 0 Å². The van der Waals surface area contributed by atoms with E-state index in [0.717, 1.165) is 5.56 Å². The Balaban J connectivity index is 2.56. The molecule has 0 amide bonds. The third-order valence-corrected chi connectivity index (χ3v) is 2.35. The fourth-order valence-corrected chi connectivity index (χ4v) is 1.40. The molecule has 86 valence electrons. The van der Waals surface area contributed by atoms with Crippen molar-refractivity contribution in [2.45, 2.75) is 13.0 Å². The van der Waals surface area contributed by atoms with Crippen molar-refractivity contribution in [1.29, 1.82) is 0 Å². The van der Waals surface area contributed by atoms with Crippen molar-refractivity contribution in [1.82, 2.24) is 5.32 Å². The molecule has 0 aliphatic heterocycles. The van der Waals surface area contributed by atoms with Crippen LogP contribution in [0.4, 0.5) is 0 Å². The van der Waals surface area contributed by atoms with Gasteiger partial charge in [-0.05, 0) is 24.6 Å². The highest BCUT2D eigenvalue weighted by atomic mass is 35.5. The molecule has 16 heavy (non-hydrogen) atoms. The van der Waals surface area contributed by atoms with Crippen LogP contribution < -0.4 is 5.32 Å². The SMILES string of the molecule is COC(=O)/C=C/NC(C)c1cccc(Cl)c1. The van der Waals surface area contributed by atoms with Crippen molar-refractivity contribution in [2.75, 3.05) is 7.11 Å². The number of hydrogen-bond donors (Lipinski definition) is 1. The van der Waals surface area contributed by atoms with E-state index >= 15 is 0 Å². The molecule has 0 spiro atoms. The molecule has 0 saturated heterocycles. The van der Waals surface area contributed by atoms with Gasteiger partial charge in [0.1, 0.15) is 0 Å². The average Bonchev–Trinajstić information content (AvgIpc) is 2.28. The van der Waals surface area contributed by atoms with Crippen LogP contribution in [0.2, 0.25) is 5.02 Å². The molecule has 1 N–H and O–H groups in total. The lowest BCUT2D eigenvalue weighted by Crippen LogP contribution is -2.12. The quantitative estimate of drug-likeness (QED) is 0.649. The number of carbonyl (C=O) groups is 1. The molecule has 0 aliphatic carbocycles. The molecule has 1 aromatic rings. The standard InChI is InChI=1S/C12H14ClNO2/c1-9(14-7-6-12(15)16-2)10-4-3-5-11(13)8-10/h3-9,14H,1-2H3/b7-6+. The molecule has 0 aromatic heterocycles. The largest absolute Gasteiger partial charge is 0.466 e. The number of carbonyl (C=O) groups excluding carboxylic acids is 1. The van der Waals surface area contributed by atoms with Crippen molar-refractivity contribution in [3.63, 3.8) is 0 Å². The zero-order valence-corrected chi connectivity index (χ0v) is 9.99. The third-order valence-electron chi connectivity index (χ3n) is 2.12. The van der Waals surface area contributed by atoms with Gasteiger partial charge in [0, 0.05) is 23.3 Å². The van der Waals surface area contributed by atoms with E-state index in [2.05, 4.69) is 10.1 Å². The first-order valence-corrected chi connectivity index (χ1v) is 5.27. The van der Waals surface area contributed by atoms with E-state index in [1.165, 1.54) is 13.2 Å². The van der Waals surface area contributed by atoms with Crippen molar-refractivity contribution in [3.8, 4) is 0 Å². The van der Waals surface area contributed by atoms with Crippen LogP contribution in [-0.2, 0) is 9.53 Å². The van der Waals surface area contributed by atoms with Gasteiger partial charge in [0.15, 0.2) is 0 Å². The van der Waals surface area contributed by atoms with E-state index in [4.69, 9.17) is 11.6 Å². The number of rotatable bonds is 4. The molecule has 4 heteroatoms. The van der Waals surface area contributed by atoms with Gasteiger partial charge in [-0.25, -0.2) is 4.79 Å². The second-order valence-corrected chi connectivity index (χ2v) is 3.74. The lowest BCUT2D eigenvalue weighted by Gasteiger charge is -2.12. The van der Waals surface area contributed by atoms with E-state index in [-0.39, 0.29) is 12.0 Å². The smallest absolute Gasteiger partial charge is 0.331 e. The maximum atomic E-state index is 10.8. The minimum absolute atomic E-state index is 0.0830. The average molecular weight is 240 g/mol. The summed E-state index contributed by atoms with van der Waals surface area (Å²) in [7, 11) is 1.34. The second-order valence-electron chi connectivity index (χ2n) is 3.30. The molecule has 1 unspecified atom stereocenters. The van der Waals surface area contributed by atoms with Crippen LogP contribution in [0.3, 0.4) is 0 Å². The highest BCUT2D eigenvalue weighted by Crippen LogP contribution is 2.16. The summed E-state index contributed by atoms with van der Waals surface area (Å²) >= 11 is 5.88. The minimum Gasteiger partial charge on any atom is -0.466 e. The van der Waals surface area contributed by atoms with Gasteiger partial charge in [-0.2, -0.15) is 0 Å². The molecule has 0 saturated carbocycles. The van der Waals surface area contributed by atoms with E-state index in [9.17, 15) is 4.79 Å². The molecular formula is C12H14ClNO2. The number of hydrogen-bond acceptors (Lipinski definition) is 3. The number of halogens is 1. The summed E-state index contributed by atoms with van der Waals surface area (Å²) in [6, 6.07) is 7.64. The summed E-state index contributed by atoms with van der Waals surface area (Å²) in [5.74, 6) is -0.384. The fraction of sp³-hybridized carbons (Fsp3) is 0.250. The van der Waals surface area contributed by atoms with E-state index in [0.29, 0.717) is 5.02 Å². The molecule has 0 bridgehead atoms. The Morgan fingerprint density at radius 2 is 2.31 bits per heavy atom. The Labute approximate surface area is 100 Å². The van der Waals surface area contributed by atoms with Gasteiger partial charge >= 0.3 is 5.97 Å². The summed E-state index contributed by atoms with van der Waals surface area (Å²) in [5.41, 5.74) is 1.06. The topological polar surface area (TPSA) is 38.3 Å². The Morgan fingerprint density at radius 3 is 2.94 bits per heavy atom. The van der Waals surface area contributed by atoms with Gasteiger partial charge in [-0.15, -0.1) is 0 Å². The zero-order valence-electron chi connectivity index (χ0n) is 9.24. The Hall–Kier alpha value is -1.48. The number of benzene rings is 1. The monoisotopic (exact) mass is 239 g/mol. The van der Waals surface area contributed by atoms with Crippen molar-refractivity contribution in [3.05, 3.63) is 47.1 Å². The number of ether oxygens (including phenoxy) is 1. The molecule has 1 aromatic carbocycles. The van der Waals surface area contributed by atoms with E-state index < -0.39 is 0 Å². The molecule has 0 fully saturated rings. The maximum Gasteiger partial charge on any atom is 0.331 e. The van der Waals surface area contributed by atoms with Crippen molar-refractivity contribution in [2.24, 2.45) is 0 Å². The van der Waals surface area contributed by atoms with Gasteiger partial charge in [-0.3, -0.25) is 0 Å². The van der Waals surface area contributed by atoms with Crippen LogP contribution in [0.5, 0.6) is 0 Å². The summed E-state index contributed by atoms with van der Waals surface area (Å²) < 4.78 is 4.47. The molecule has 1 rings (SSSR count). The number of esters is 1. The second kappa shape index (κ2) is 6.18. The number of methoxy groups -OCH3 is 1. The first kappa shape index (κ1) is 12.6. The summed E-state index contributed by atoms with van der Waals surface area (Å²) in [5, 5.41) is 3.75. The highest BCUT2D eigenvalue weighted by Gasteiger charge is 2.02. The van der Waals surface area contributed by atoms with Crippen LogP contribution in [0.15, 0.2) is 36.5 Å². The summed E-state index contributed by atoms with van der Waals surface area (Å²) in [6.07, 6.45) is 2.90. The molecule has 0 heterocycles. The first-order chi connectivity index (χ1) is 7.63. The Kier molecular flexibility index (Phi) is 4.86. The van der Waals surface area contributed by atoms with Crippen LogP contribution in [-0.4, -0.2) is 13.1 Å². The van der Waals surface area contributed by atoms with Gasteiger partial charge < -0.3 is 10.1 Å². The Morgan fingerprint density at radius 1 is 1.56 bits per heavy atom. The van der Waals surface area contributed by atoms with Gasteiger partial charge in [-0.1, -0.05) is 23.7 Å². The minimum atomic E-state index is -0.384.